The van der Waals surface area contributed by atoms with Crippen molar-refractivity contribution in [3.63, 3.8) is 0 Å². The van der Waals surface area contributed by atoms with Gasteiger partial charge in [0, 0.05) is 61.5 Å². The zero-order valence-corrected chi connectivity index (χ0v) is 47.3. The number of hydrogen-bond donors (Lipinski definition) is 2. The number of hydrogen-bond acceptors (Lipinski definition) is 2. The van der Waals surface area contributed by atoms with Crippen LogP contribution in [0.15, 0.2) is 231 Å². The van der Waals surface area contributed by atoms with Crippen LogP contribution in [0.25, 0.3) is 111 Å². The molecule has 0 aromatic heterocycles. The van der Waals surface area contributed by atoms with Crippen LogP contribution in [0.1, 0.15) is 66.8 Å². The van der Waals surface area contributed by atoms with Crippen molar-refractivity contribution in [2.75, 3.05) is 11.5 Å². The van der Waals surface area contributed by atoms with Gasteiger partial charge in [-0.15, -0.1) is 0 Å². The van der Waals surface area contributed by atoms with E-state index in [-0.39, 0.29) is 26.2 Å². The summed E-state index contributed by atoms with van der Waals surface area (Å²) in [7, 11) is 0. The summed E-state index contributed by atoms with van der Waals surface area (Å²) in [6, 6.07) is 85.1. The number of benzene rings is 12. The normalized spacial score (nSPS) is 13.1. The van der Waals surface area contributed by atoms with Gasteiger partial charge in [0.1, 0.15) is 0 Å². The van der Waals surface area contributed by atoms with Gasteiger partial charge in [0.05, 0.1) is 0 Å². The molecule has 0 saturated heterocycles. The van der Waals surface area contributed by atoms with Crippen molar-refractivity contribution in [3.8, 4) is 111 Å². The fourth-order valence-electron chi connectivity index (χ4n) is 15.2. The predicted molar refractivity (Wildman–Crippen MR) is 333 cm³/mol. The van der Waals surface area contributed by atoms with Crippen LogP contribution in [0.4, 0.5) is 11.4 Å². The van der Waals surface area contributed by atoms with Gasteiger partial charge in [-0.2, -0.15) is 0 Å². The molecule has 0 amide bonds. The minimum Gasteiger partial charge on any atom is -0.398 e. The molecule has 0 heterocycles. The Hall–Kier alpha value is -8.88. The van der Waals surface area contributed by atoms with Gasteiger partial charge in [-0.25, -0.2) is 0 Å². The Bertz CT molecular complexity index is 4390. The van der Waals surface area contributed by atoms with E-state index in [9.17, 15) is 0 Å². The first-order valence-corrected chi connectivity index (χ1v) is 28.4. The molecule has 2 nitrogen and oxygen atoms in total. The van der Waals surface area contributed by atoms with Crippen molar-refractivity contribution in [1.29, 1.82) is 0 Å². The SMILES string of the molecule is Nc1c2c(cc(-c3cccc4c3Cc3ccccc3-4)c1-c1cccc3c1Cc1ccccc1-3)-c1ccccc1C2.Nc1c2c(cc(-c3cccc4c3Cc3ccccc3-4)c1-c1cccc3c1Cc1ccccc1-3)-c1ccccc1C2.[Zr]. The fraction of sp³-hybridized carbons (Fsp3) is 0.0769. The number of fused-ring (bicyclic) bond motifs is 18. The van der Waals surface area contributed by atoms with E-state index in [1.807, 2.05) is 0 Å². The van der Waals surface area contributed by atoms with Crippen molar-refractivity contribution in [2.24, 2.45) is 0 Å². The Morgan fingerprint density at radius 3 is 0.667 bits per heavy atom. The van der Waals surface area contributed by atoms with Crippen molar-refractivity contribution in [1.82, 2.24) is 0 Å². The molecule has 0 aliphatic heterocycles. The first-order valence-electron chi connectivity index (χ1n) is 28.4. The maximum Gasteiger partial charge on any atom is 0.0442 e. The van der Waals surface area contributed by atoms with Crippen molar-refractivity contribution < 1.29 is 26.2 Å². The summed E-state index contributed by atoms with van der Waals surface area (Å²) in [4.78, 5) is 0. The van der Waals surface area contributed by atoms with Crippen LogP contribution in [0.3, 0.4) is 0 Å². The molecule has 3 heteroatoms. The van der Waals surface area contributed by atoms with E-state index < -0.39 is 0 Å². The molecule has 0 fully saturated rings. The van der Waals surface area contributed by atoms with Gasteiger partial charge in [0.15, 0.2) is 0 Å². The number of rotatable bonds is 4. The van der Waals surface area contributed by atoms with Crippen LogP contribution in [0.5, 0.6) is 0 Å². The van der Waals surface area contributed by atoms with Gasteiger partial charge in [-0.05, 0) is 205 Å². The van der Waals surface area contributed by atoms with Gasteiger partial charge >= 0.3 is 0 Å². The predicted octanol–water partition coefficient (Wildman–Crippen LogP) is 18.6. The maximum atomic E-state index is 7.31. The molecular formula is C78H54N2Zr. The van der Waals surface area contributed by atoms with E-state index in [0.717, 1.165) is 49.9 Å². The second-order valence-corrected chi connectivity index (χ2v) is 22.8. The monoisotopic (exact) mass is 1110 g/mol. The van der Waals surface area contributed by atoms with Gasteiger partial charge in [0.2, 0.25) is 0 Å². The van der Waals surface area contributed by atoms with E-state index in [2.05, 4.69) is 231 Å². The Labute approximate surface area is 492 Å². The Balaban J connectivity index is 0.000000132. The summed E-state index contributed by atoms with van der Waals surface area (Å²) in [5, 5.41) is 0. The topological polar surface area (TPSA) is 52.0 Å². The molecule has 0 spiro atoms. The molecule has 0 radical (unpaired) electrons. The summed E-state index contributed by atoms with van der Waals surface area (Å²) in [6.07, 6.45) is 5.56. The molecular weight excluding hydrogens is 1060 g/mol. The number of nitrogens with two attached hydrogens (primary N) is 2. The molecule has 81 heavy (non-hydrogen) atoms. The Morgan fingerprint density at radius 1 is 0.185 bits per heavy atom. The van der Waals surface area contributed by atoms with E-state index in [1.54, 1.807) is 0 Å². The molecule has 0 bridgehead atoms. The van der Waals surface area contributed by atoms with Gasteiger partial charge in [0.25, 0.3) is 0 Å². The van der Waals surface area contributed by atoms with E-state index in [4.69, 9.17) is 11.5 Å². The van der Waals surface area contributed by atoms with Crippen LogP contribution in [0, 0.1) is 0 Å². The van der Waals surface area contributed by atoms with E-state index in [0.29, 0.717) is 0 Å². The van der Waals surface area contributed by atoms with Gasteiger partial charge in [-0.1, -0.05) is 218 Å². The standard InChI is InChI=1S/2C39H27N.Zr/c2*40-39-37-21-25-11-3-6-14-28(25)35(37)22-36(31-17-7-15-29-26-12-4-1-9-23(26)19-33(29)31)38(39)32-18-8-16-30-27-13-5-2-10-24(27)20-34(30)32;/h2*1-18,22H,19-21,40H2;. The Kier molecular flexibility index (Phi) is 11.0. The first kappa shape index (κ1) is 48.1. The summed E-state index contributed by atoms with van der Waals surface area (Å²) < 4.78 is 0. The molecule has 12 aromatic rings. The summed E-state index contributed by atoms with van der Waals surface area (Å²) >= 11 is 0. The number of nitrogen functional groups attached to an aromatic ring is 2. The third kappa shape index (κ3) is 7.21. The molecule has 0 saturated carbocycles. The average Bonchev–Trinajstić information content (AvgIpc) is 4.46. The smallest absolute Gasteiger partial charge is 0.0442 e. The van der Waals surface area contributed by atoms with E-state index in [1.165, 1.54) is 178 Å². The second kappa shape index (κ2) is 18.6. The van der Waals surface area contributed by atoms with Crippen molar-refractivity contribution >= 4 is 11.4 Å². The molecule has 12 aromatic carbocycles. The van der Waals surface area contributed by atoms with Gasteiger partial charge in [-0.3, -0.25) is 0 Å². The van der Waals surface area contributed by atoms with Crippen LogP contribution in [0.2, 0.25) is 0 Å². The second-order valence-electron chi connectivity index (χ2n) is 22.8. The number of anilines is 2. The Morgan fingerprint density at radius 2 is 0.383 bits per heavy atom. The molecule has 18 rings (SSSR count). The van der Waals surface area contributed by atoms with Gasteiger partial charge < -0.3 is 11.5 Å². The third-order valence-corrected chi connectivity index (χ3v) is 18.8. The summed E-state index contributed by atoms with van der Waals surface area (Å²) in [6.45, 7) is 0. The molecule has 0 unspecified atom stereocenters. The fourth-order valence-corrected chi connectivity index (χ4v) is 15.2. The third-order valence-electron chi connectivity index (χ3n) is 18.8. The molecule has 4 N–H and O–H groups in total. The minimum atomic E-state index is 0. The minimum absolute atomic E-state index is 0. The van der Waals surface area contributed by atoms with Crippen LogP contribution >= 0.6 is 0 Å². The molecule has 0 atom stereocenters. The van der Waals surface area contributed by atoms with Crippen molar-refractivity contribution in [2.45, 2.75) is 38.5 Å². The summed E-state index contributed by atoms with van der Waals surface area (Å²) in [5.74, 6) is 0. The van der Waals surface area contributed by atoms with E-state index >= 15 is 0 Å². The van der Waals surface area contributed by atoms with Crippen LogP contribution in [-0.4, -0.2) is 0 Å². The van der Waals surface area contributed by atoms with Crippen LogP contribution in [-0.2, 0) is 64.7 Å². The maximum absolute atomic E-state index is 7.31. The molecule has 6 aliphatic carbocycles. The van der Waals surface area contributed by atoms with Crippen LogP contribution < -0.4 is 11.5 Å². The molecule has 6 aliphatic rings. The largest absolute Gasteiger partial charge is 0.398 e. The first-order chi connectivity index (χ1) is 39.5. The quantitative estimate of drug-likeness (QED) is 0.173. The molecule has 380 valence electrons. The zero-order chi connectivity index (χ0) is 52.7. The average molecular weight is 1110 g/mol. The van der Waals surface area contributed by atoms with Crippen molar-refractivity contribution in [3.05, 3.63) is 297 Å². The zero-order valence-electron chi connectivity index (χ0n) is 44.8. The summed E-state index contributed by atoms with van der Waals surface area (Å²) in [5.41, 5.74) is 59.0.